The summed E-state index contributed by atoms with van der Waals surface area (Å²) in [7, 11) is -1.32. The summed E-state index contributed by atoms with van der Waals surface area (Å²) in [4.78, 5) is 10.6. The fourth-order valence-corrected chi connectivity index (χ4v) is 3.14. The first-order chi connectivity index (χ1) is 10.9. The van der Waals surface area contributed by atoms with Crippen LogP contribution in [-0.2, 0) is 9.84 Å². The molecule has 1 aliphatic heterocycles. The highest BCUT2D eigenvalue weighted by Crippen LogP contribution is 2.25. The van der Waals surface area contributed by atoms with E-state index < -0.39 is 9.84 Å². The fraction of sp³-hybridized carbons (Fsp3) is 0.571. The quantitative estimate of drug-likeness (QED) is 0.589. The molecule has 1 unspecified atom stereocenters. The minimum absolute atomic E-state index is 0.0774. The molecule has 0 saturated carbocycles. The second-order valence-electron chi connectivity index (χ2n) is 5.51. The van der Waals surface area contributed by atoms with Crippen LogP contribution in [0.4, 0.5) is 5.82 Å². The van der Waals surface area contributed by atoms with Crippen LogP contribution < -0.4 is 15.5 Å². The molecule has 128 valence electrons. The number of aromatic nitrogens is 1. The molecule has 1 aliphatic rings. The van der Waals surface area contributed by atoms with E-state index in [1.165, 1.54) is 6.26 Å². The Balaban J connectivity index is 1.85. The van der Waals surface area contributed by atoms with E-state index in [0.717, 1.165) is 25.3 Å². The molecule has 0 bridgehead atoms. The molecule has 23 heavy (non-hydrogen) atoms. The minimum atomic E-state index is -2.98. The fourth-order valence-electron chi connectivity index (χ4n) is 2.42. The molecule has 9 heteroatoms. The first-order valence-corrected chi connectivity index (χ1v) is 9.83. The number of rotatable bonds is 5. The van der Waals surface area contributed by atoms with Gasteiger partial charge in [0.15, 0.2) is 5.96 Å². The Morgan fingerprint density at radius 2 is 2.35 bits per heavy atom. The molecule has 2 heterocycles. The highest BCUT2D eigenvalue weighted by atomic mass is 35.5. The Labute approximate surface area is 142 Å². The zero-order valence-corrected chi connectivity index (χ0v) is 14.9. The molecule has 2 N–H and O–H groups in total. The van der Waals surface area contributed by atoms with Crippen molar-refractivity contribution in [2.45, 2.75) is 12.5 Å². The number of anilines is 1. The van der Waals surface area contributed by atoms with Crippen molar-refractivity contribution < 1.29 is 8.42 Å². The average Bonchev–Trinajstić information content (AvgIpc) is 2.93. The van der Waals surface area contributed by atoms with Crippen LogP contribution >= 0.6 is 11.6 Å². The van der Waals surface area contributed by atoms with Crippen molar-refractivity contribution in [3.05, 3.63) is 23.4 Å². The molecule has 0 aliphatic carbocycles. The Hall–Kier alpha value is -1.54. The molecule has 1 aromatic rings. The molecule has 1 atom stereocenters. The number of hydrogen-bond donors (Lipinski definition) is 2. The summed E-state index contributed by atoms with van der Waals surface area (Å²) in [6.45, 7) is 1.96. The Kier molecular flexibility index (Phi) is 6.06. The van der Waals surface area contributed by atoms with Gasteiger partial charge in [-0.2, -0.15) is 0 Å². The SMILES string of the molecule is CN=C(NCCS(C)(=O)=O)NC1CCN(c2ncccc2Cl)C1. The van der Waals surface area contributed by atoms with Crippen LogP contribution in [-0.4, -0.2) is 64.1 Å². The van der Waals surface area contributed by atoms with Crippen LogP contribution in [0.5, 0.6) is 0 Å². The number of guanidine groups is 1. The van der Waals surface area contributed by atoms with Crippen LogP contribution in [0, 0.1) is 0 Å². The monoisotopic (exact) mass is 359 g/mol. The van der Waals surface area contributed by atoms with Gasteiger partial charge in [0.2, 0.25) is 0 Å². The molecule has 1 saturated heterocycles. The number of hydrogen-bond acceptors (Lipinski definition) is 5. The number of nitrogens with one attached hydrogen (secondary N) is 2. The second-order valence-corrected chi connectivity index (χ2v) is 8.18. The van der Waals surface area contributed by atoms with Gasteiger partial charge >= 0.3 is 0 Å². The normalized spacial score (nSPS) is 19.0. The lowest BCUT2D eigenvalue weighted by Gasteiger charge is -2.20. The molecular formula is C14H22ClN5O2S. The van der Waals surface area contributed by atoms with Gasteiger partial charge < -0.3 is 15.5 Å². The van der Waals surface area contributed by atoms with Gasteiger partial charge in [0.25, 0.3) is 0 Å². The molecule has 7 nitrogen and oxygen atoms in total. The molecule has 0 radical (unpaired) electrons. The Morgan fingerprint density at radius 1 is 1.57 bits per heavy atom. The van der Waals surface area contributed by atoms with Gasteiger partial charge in [0.1, 0.15) is 15.7 Å². The lowest BCUT2D eigenvalue weighted by atomic mass is 10.3. The lowest BCUT2D eigenvalue weighted by molar-refractivity contribution is 0.599. The maximum absolute atomic E-state index is 11.2. The van der Waals surface area contributed by atoms with Crippen molar-refractivity contribution in [1.82, 2.24) is 15.6 Å². The number of aliphatic imine (C=N–C) groups is 1. The van der Waals surface area contributed by atoms with Crippen molar-refractivity contribution in [3.8, 4) is 0 Å². The molecule has 0 amide bonds. The molecule has 2 rings (SSSR count). The highest BCUT2D eigenvalue weighted by molar-refractivity contribution is 7.90. The largest absolute Gasteiger partial charge is 0.355 e. The maximum Gasteiger partial charge on any atom is 0.191 e. The van der Waals surface area contributed by atoms with Gasteiger partial charge in [-0.05, 0) is 18.6 Å². The Morgan fingerprint density at radius 3 is 3.00 bits per heavy atom. The van der Waals surface area contributed by atoms with E-state index in [1.54, 1.807) is 13.2 Å². The van der Waals surface area contributed by atoms with E-state index >= 15 is 0 Å². The van der Waals surface area contributed by atoms with Crippen molar-refractivity contribution in [3.63, 3.8) is 0 Å². The van der Waals surface area contributed by atoms with Crippen molar-refractivity contribution in [2.75, 3.05) is 43.6 Å². The Bertz CT molecular complexity index is 665. The van der Waals surface area contributed by atoms with Crippen LogP contribution in [0.15, 0.2) is 23.3 Å². The molecule has 0 spiro atoms. The summed E-state index contributed by atoms with van der Waals surface area (Å²) >= 11 is 6.18. The van der Waals surface area contributed by atoms with E-state index in [2.05, 4.69) is 25.5 Å². The molecular weight excluding hydrogens is 338 g/mol. The third-order valence-corrected chi connectivity index (χ3v) is 4.80. The summed E-state index contributed by atoms with van der Waals surface area (Å²) < 4.78 is 22.3. The summed E-state index contributed by atoms with van der Waals surface area (Å²) in [5, 5.41) is 6.96. The minimum Gasteiger partial charge on any atom is -0.355 e. The van der Waals surface area contributed by atoms with E-state index in [4.69, 9.17) is 11.6 Å². The predicted octanol–water partition coefficient (Wildman–Crippen LogP) is 0.523. The van der Waals surface area contributed by atoms with Crippen molar-refractivity contribution in [1.29, 1.82) is 0 Å². The highest BCUT2D eigenvalue weighted by Gasteiger charge is 2.25. The zero-order chi connectivity index (χ0) is 16.9. The average molecular weight is 360 g/mol. The van der Waals surface area contributed by atoms with Crippen LogP contribution in [0.3, 0.4) is 0 Å². The van der Waals surface area contributed by atoms with Crippen LogP contribution in [0.2, 0.25) is 5.02 Å². The molecule has 1 fully saturated rings. The van der Waals surface area contributed by atoms with Gasteiger partial charge in [-0.15, -0.1) is 0 Å². The second kappa shape index (κ2) is 7.83. The summed E-state index contributed by atoms with van der Waals surface area (Å²) in [6, 6.07) is 3.85. The van der Waals surface area contributed by atoms with E-state index in [1.807, 2.05) is 12.1 Å². The third-order valence-electron chi connectivity index (χ3n) is 3.56. The van der Waals surface area contributed by atoms with Crippen molar-refractivity contribution >= 4 is 33.2 Å². The van der Waals surface area contributed by atoms with Crippen LogP contribution in [0.1, 0.15) is 6.42 Å². The molecule has 0 aromatic carbocycles. The van der Waals surface area contributed by atoms with Gasteiger partial charge in [-0.1, -0.05) is 11.6 Å². The standard InChI is InChI=1S/C14H22ClN5O2S/c1-16-14(18-7-9-23(2,21)22)19-11-5-8-20(10-11)13-12(15)4-3-6-17-13/h3-4,6,11H,5,7-10H2,1-2H3,(H2,16,18,19). The topological polar surface area (TPSA) is 86.7 Å². The summed E-state index contributed by atoms with van der Waals surface area (Å²) in [5.41, 5.74) is 0. The number of halogens is 1. The van der Waals surface area contributed by atoms with Crippen molar-refractivity contribution in [2.24, 2.45) is 4.99 Å². The van der Waals surface area contributed by atoms with E-state index in [0.29, 0.717) is 17.5 Å². The first-order valence-electron chi connectivity index (χ1n) is 7.39. The van der Waals surface area contributed by atoms with Gasteiger partial charge in [0.05, 0.1) is 10.8 Å². The van der Waals surface area contributed by atoms with E-state index in [9.17, 15) is 8.42 Å². The van der Waals surface area contributed by atoms with E-state index in [-0.39, 0.29) is 11.8 Å². The summed E-state index contributed by atoms with van der Waals surface area (Å²) in [6.07, 6.45) is 3.88. The smallest absolute Gasteiger partial charge is 0.191 e. The van der Waals surface area contributed by atoms with Gasteiger partial charge in [0, 0.05) is 45.2 Å². The lowest BCUT2D eigenvalue weighted by Crippen LogP contribution is -2.45. The number of pyridine rings is 1. The van der Waals surface area contributed by atoms with Gasteiger partial charge in [-0.25, -0.2) is 13.4 Å². The number of nitrogens with zero attached hydrogens (tertiary/aromatic N) is 3. The predicted molar refractivity (Wildman–Crippen MR) is 94.1 cm³/mol. The first kappa shape index (κ1) is 17.8. The summed E-state index contributed by atoms with van der Waals surface area (Å²) in [5.74, 6) is 1.47. The number of sulfone groups is 1. The zero-order valence-electron chi connectivity index (χ0n) is 13.3. The third kappa shape index (κ3) is 5.54. The van der Waals surface area contributed by atoms with Gasteiger partial charge in [-0.3, -0.25) is 4.99 Å². The maximum atomic E-state index is 11.2. The van der Waals surface area contributed by atoms with Crippen LogP contribution in [0.25, 0.3) is 0 Å². The molecule has 1 aromatic heterocycles.